The molecular weight excluding hydrogens is 395 g/mol. The van der Waals surface area contributed by atoms with E-state index in [4.69, 9.17) is 22.1 Å². The zero-order valence-corrected chi connectivity index (χ0v) is 16.8. The molecule has 0 saturated carbocycles. The van der Waals surface area contributed by atoms with E-state index in [1.807, 2.05) is 19.9 Å². The Kier molecular flexibility index (Phi) is 5.10. The number of nitrogen functional groups attached to an aromatic ring is 1. The molecule has 2 aromatic heterocycles. The largest absolute Gasteiger partial charge is 0.383 e. The van der Waals surface area contributed by atoms with E-state index >= 15 is 0 Å². The minimum Gasteiger partial charge on any atom is -0.383 e. The summed E-state index contributed by atoms with van der Waals surface area (Å²) in [6.45, 7) is 4.86. The maximum absolute atomic E-state index is 14.9. The number of carbonyl (C=O) groups excluding carboxylic acids is 1. The van der Waals surface area contributed by atoms with Crippen LogP contribution in [0.1, 0.15) is 46.9 Å². The number of rotatable bonds is 4. The molecule has 1 aliphatic rings. The van der Waals surface area contributed by atoms with Crippen molar-refractivity contribution in [1.29, 1.82) is 0 Å². The van der Waals surface area contributed by atoms with Crippen molar-refractivity contribution in [3.8, 4) is 0 Å². The van der Waals surface area contributed by atoms with Gasteiger partial charge in [0, 0.05) is 29.8 Å². The minimum absolute atomic E-state index is 0.00575. The standard InChI is InChI=1S/C21H20ClFN4O2/c1-3-27(11(2)12-4-5-19(22)25-8-12)21(28)14-6-13-15-9-29-10-16(15)20(24)26-18(13)7-17(14)23/h4-8,11H,3,9-10H2,1-2H3,(H2,24,26)/t11-/m1/s1. The van der Waals surface area contributed by atoms with E-state index in [1.165, 1.54) is 6.07 Å². The number of hydrogen-bond acceptors (Lipinski definition) is 5. The predicted octanol–water partition coefficient (Wildman–Crippen LogP) is 4.26. The monoisotopic (exact) mass is 414 g/mol. The van der Waals surface area contributed by atoms with Crippen LogP contribution in [-0.2, 0) is 18.0 Å². The summed E-state index contributed by atoms with van der Waals surface area (Å²) in [5.41, 5.74) is 8.85. The first-order valence-electron chi connectivity index (χ1n) is 9.31. The van der Waals surface area contributed by atoms with Crippen LogP contribution >= 0.6 is 11.6 Å². The smallest absolute Gasteiger partial charge is 0.257 e. The summed E-state index contributed by atoms with van der Waals surface area (Å²) in [6.07, 6.45) is 1.62. The van der Waals surface area contributed by atoms with Crippen LogP contribution in [0.2, 0.25) is 5.15 Å². The summed E-state index contributed by atoms with van der Waals surface area (Å²) < 4.78 is 20.4. The number of nitrogens with two attached hydrogens (primary N) is 1. The lowest BCUT2D eigenvalue weighted by molar-refractivity contribution is 0.0697. The van der Waals surface area contributed by atoms with Crippen molar-refractivity contribution in [3.63, 3.8) is 0 Å². The molecule has 0 spiro atoms. The summed E-state index contributed by atoms with van der Waals surface area (Å²) >= 11 is 5.86. The van der Waals surface area contributed by atoms with E-state index in [2.05, 4.69) is 9.97 Å². The van der Waals surface area contributed by atoms with E-state index in [0.717, 1.165) is 16.7 Å². The van der Waals surface area contributed by atoms with Gasteiger partial charge in [-0.3, -0.25) is 4.79 Å². The van der Waals surface area contributed by atoms with Crippen molar-refractivity contribution < 1.29 is 13.9 Å². The van der Waals surface area contributed by atoms with E-state index < -0.39 is 11.7 Å². The third-order valence-corrected chi connectivity index (χ3v) is 5.57. The number of anilines is 1. The fraction of sp³-hybridized carbons (Fsp3) is 0.286. The molecule has 0 saturated heterocycles. The number of halogens is 2. The Morgan fingerprint density at radius 3 is 2.79 bits per heavy atom. The normalized spacial score (nSPS) is 14.1. The Balaban J connectivity index is 1.76. The number of nitrogens with zero attached hydrogens (tertiary/aromatic N) is 3. The number of ether oxygens (including phenoxy) is 1. The average Bonchev–Trinajstić information content (AvgIpc) is 3.19. The van der Waals surface area contributed by atoms with Gasteiger partial charge in [-0.2, -0.15) is 0 Å². The molecule has 0 bridgehead atoms. The van der Waals surface area contributed by atoms with Crippen molar-refractivity contribution in [2.45, 2.75) is 33.1 Å². The fourth-order valence-corrected chi connectivity index (χ4v) is 3.83. The first-order chi connectivity index (χ1) is 13.9. The molecule has 150 valence electrons. The molecule has 1 amide bonds. The molecule has 0 unspecified atom stereocenters. The van der Waals surface area contributed by atoms with Crippen molar-refractivity contribution >= 4 is 34.2 Å². The lowest BCUT2D eigenvalue weighted by Gasteiger charge is -2.28. The van der Waals surface area contributed by atoms with E-state index in [1.54, 1.807) is 23.2 Å². The summed E-state index contributed by atoms with van der Waals surface area (Å²) in [5, 5.41) is 1.06. The molecule has 1 atom stereocenters. The molecule has 0 aliphatic carbocycles. The van der Waals surface area contributed by atoms with Crippen LogP contribution in [0.4, 0.5) is 10.2 Å². The number of hydrogen-bond donors (Lipinski definition) is 1. The van der Waals surface area contributed by atoms with E-state index in [-0.39, 0.29) is 11.6 Å². The highest BCUT2D eigenvalue weighted by molar-refractivity contribution is 6.29. The number of fused-ring (bicyclic) bond motifs is 3. The van der Waals surface area contributed by atoms with Gasteiger partial charge in [-0.1, -0.05) is 17.7 Å². The van der Waals surface area contributed by atoms with Crippen LogP contribution in [-0.4, -0.2) is 27.3 Å². The molecule has 8 heteroatoms. The number of aromatic nitrogens is 2. The maximum Gasteiger partial charge on any atom is 0.257 e. The van der Waals surface area contributed by atoms with Crippen LogP contribution in [0.15, 0.2) is 30.5 Å². The van der Waals surface area contributed by atoms with Crippen molar-refractivity contribution in [2.24, 2.45) is 0 Å². The zero-order valence-electron chi connectivity index (χ0n) is 16.1. The van der Waals surface area contributed by atoms with Crippen LogP contribution in [0.25, 0.3) is 10.9 Å². The van der Waals surface area contributed by atoms with Gasteiger partial charge in [0.25, 0.3) is 5.91 Å². The molecule has 1 aromatic carbocycles. The topological polar surface area (TPSA) is 81.3 Å². The number of pyridine rings is 2. The average molecular weight is 415 g/mol. The zero-order chi connectivity index (χ0) is 20.7. The fourth-order valence-electron chi connectivity index (χ4n) is 3.72. The second-order valence-corrected chi connectivity index (χ2v) is 7.36. The third kappa shape index (κ3) is 3.41. The van der Waals surface area contributed by atoms with E-state index in [9.17, 15) is 9.18 Å². The summed E-state index contributed by atoms with van der Waals surface area (Å²) in [6, 6.07) is 6.00. The first kappa shape index (κ1) is 19.5. The molecule has 0 radical (unpaired) electrons. The van der Waals surface area contributed by atoms with Gasteiger partial charge in [0.15, 0.2) is 0 Å². The molecule has 1 aliphatic heterocycles. The highest BCUT2D eigenvalue weighted by atomic mass is 35.5. The van der Waals surface area contributed by atoms with Gasteiger partial charge in [0.1, 0.15) is 16.8 Å². The molecule has 6 nitrogen and oxygen atoms in total. The highest BCUT2D eigenvalue weighted by Gasteiger charge is 2.26. The quantitative estimate of drug-likeness (QED) is 0.645. The lowest BCUT2D eigenvalue weighted by Crippen LogP contribution is -2.34. The molecule has 2 N–H and O–H groups in total. The number of benzene rings is 1. The van der Waals surface area contributed by atoms with Crippen molar-refractivity contribution in [2.75, 3.05) is 12.3 Å². The number of amides is 1. The Morgan fingerprint density at radius 2 is 2.10 bits per heavy atom. The predicted molar refractivity (Wildman–Crippen MR) is 109 cm³/mol. The van der Waals surface area contributed by atoms with Gasteiger partial charge in [-0.25, -0.2) is 14.4 Å². The Bertz CT molecular complexity index is 1100. The summed E-state index contributed by atoms with van der Waals surface area (Å²) in [5.74, 6) is -0.700. The number of carbonyl (C=O) groups is 1. The second kappa shape index (κ2) is 7.57. The van der Waals surface area contributed by atoms with Gasteiger partial charge < -0.3 is 15.4 Å². The first-order valence-corrected chi connectivity index (χ1v) is 9.69. The third-order valence-electron chi connectivity index (χ3n) is 5.35. The van der Waals surface area contributed by atoms with Gasteiger partial charge in [0.2, 0.25) is 0 Å². The van der Waals surface area contributed by atoms with Crippen LogP contribution in [0, 0.1) is 5.82 Å². The Labute approximate surface area is 172 Å². The van der Waals surface area contributed by atoms with E-state index in [0.29, 0.717) is 41.6 Å². The minimum atomic E-state index is -0.631. The van der Waals surface area contributed by atoms with Gasteiger partial charge in [-0.15, -0.1) is 0 Å². The van der Waals surface area contributed by atoms with Crippen LogP contribution in [0.5, 0.6) is 0 Å². The summed E-state index contributed by atoms with van der Waals surface area (Å²) in [4.78, 5) is 23.2. The highest BCUT2D eigenvalue weighted by Crippen LogP contribution is 2.33. The van der Waals surface area contributed by atoms with Gasteiger partial charge in [-0.05, 0) is 37.1 Å². The Morgan fingerprint density at radius 1 is 1.34 bits per heavy atom. The van der Waals surface area contributed by atoms with Crippen LogP contribution in [0.3, 0.4) is 0 Å². The summed E-state index contributed by atoms with van der Waals surface area (Å²) in [7, 11) is 0. The SMILES string of the molecule is CCN(C(=O)c1cc2c3c(c(N)nc2cc1F)COC3)[C@H](C)c1ccc(Cl)nc1. The molecule has 29 heavy (non-hydrogen) atoms. The molecule has 4 rings (SSSR count). The van der Waals surface area contributed by atoms with Gasteiger partial charge >= 0.3 is 0 Å². The van der Waals surface area contributed by atoms with Crippen molar-refractivity contribution in [1.82, 2.24) is 14.9 Å². The second-order valence-electron chi connectivity index (χ2n) is 6.98. The molecule has 3 aromatic rings. The molecule has 0 fully saturated rings. The van der Waals surface area contributed by atoms with Crippen molar-refractivity contribution in [3.05, 3.63) is 63.7 Å². The van der Waals surface area contributed by atoms with Crippen LogP contribution < -0.4 is 5.73 Å². The lowest BCUT2D eigenvalue weighted by atomic mass is 10.0. The van der Waals surface area contributed by atoms with Gasteiger partial charge in [0.05, 0.1) is 30.3 Å². The Hall–Kier alpha value is -2.77. The maximum atomic E-state index is 14.9. The molecule has 3 heterocycles. The molecular formula is C21H20ClFN4O2.